The van der Waals surface area contributed by atoms with Gasteiger partial charge in [-0.15, -0.1) is 0 Å². The molecule has 0 aromatic heterocycles. The van der Waals surface area contributed by atoms with E-state index in [0.717, 1.165) is 5.69 Å². The van der Waals surface area contributed by atoms with Crippen LogP contribution in [0, 0.1) is 0 Å². The van der Waals surface area contributed by atoms with Crippen molar-refractivity contribution in [1.82, 2.24) is 5.32 Å². The van der Waals surface area contributed by atoms with Crippen LogP contribution in [0.25, 0.3) is 0 Å². The summed E-state index contributed by atoms with van der Waals surface area (Å²) >= 11 is 11.9. The number of benzene rings is 1. The second-order valence-corrected chi connectivity index (χ2v) is 5.98. The summed E-state index contributed by atoms with van der Waals surface area (Å²) in [5.41, 5.74) is 5.87. The number of hydrogen-bond donors (Lipinski definition) is 2. The number of anilines is 1. The van der Waals surface area contributed by atoms with Crippen molar-refractivity contribution in [3.8, 4) is 0 Å². The third-order valence-electron chi connectivity index (χ3n) is 3.41. The van der Waals surface area contributed by atoms with Gasteiger partial charge in [0.25, 0.3) is 0 Å². The second-order valence-electron chi connectivity index (χ2n) is 5.17. The number of halogens is 2. The van der Waals surface area contributed by atoms with E-state index >= 15 is 0 Å². The standard InChI is InChI=1S/C14H17Cl2N3O2/c1-8(6-13(17)20)18-12-4-5-19(14(12)21)9-2-3-10(15)11(16)7-9/h2-3,7-8,12,18H,4-6H2,1H3,(H2,17,20)/t8-,12+/m0/s1. The molecule has 1 fully saturated rings. The molecule has 0 aliphatic carbocycles. The van der Waals surface area contributed by atoms with Crippen molar-refractivity contribution < 1.29 is 9.59 Å². The zero-order valence-electron chi connectivity index (χ0n) is 11.6. The number of nitrogens with two attached hydrogens (primary N) is 1. The molecule has 3 N–H and O–H groups in total. The summed E-state index contributed by atoms with van der Waals surface area (Å²) in [4.78, 5) is 24.9. The zero-order valence-corrected chi connectivity index (χ0v) is 13.1. The molecule has 0 bridgehead atoms. The molecule has 0 unspecified atom stereocenters. The molecule has 1 aliphatic rings. The van der Waals surface area contributed by atoms with Gasteiger partial charge < -0.3 is 16.0 Å². The van der Waals surface area contributed by atoms with Crippen molar-refractivity contribution in [1.29, 1.82) is 0 Å². The highest BCUT2D eigenvalue weighted by Crippen LogP contribution is 2.29. The number of nitrogens with one attached hydrogen (secondary N) is 1. The van der Waals surface area contributed by atoms with Gasteiger partial charge in [-0.25, -0.2) is 0 Å². The van der Waals surface area contributed by atoms with Gasteiger partial charge in [0.15, 0.2) is 0 Å². The molecule has 1 aromatic rings. The minimum absolute atomic E-state index is 0.0373. The molecule has 2 rings (SSSR count). The number of carbonyl (C=O) groups excluding carboxylic acids is 2. The molecule has 1 aliphatic heterocycles. The Morgan fingerprint density at radius 3 is 2.81 bits per heavy atom. The van der Waals surface area contributed by atoms with Crippen molar-refractivity contribution in [3.05, 3.63) is 28.2 Å². The van der Waals surface area contributed by atoms with Crippen molar-refractivity contribution in [2.75, 3.05) is 11.4 Å². The third-order valence-corrected chi connectivity index (χ3v) is 4.15. The first kappa shape index (κ1) is 16.1. The molecule has 1 heterocycles. The summed E-state index contributed by atoms with van der Waals surface area (Å²) in [6.07, 6.45) is 0.874. The highest BCUT2D eigenvalue weighted by atomic mass is 35.5. The number of nitrogens with zero attached hydrogens (tertiary/aromatic N) is 1. The van der Waals surface area contributed by atoms with Crippen LogP contribution in [0.3, 0.4) is 0 Å². The maximum Gasteiger partial charge on any atom is 0.244 e. The first-order chi connectivity index (χ1) is 9.88. The largest absolute Gasteiger partial charge is 0.370 e. The molecular weight excluding hydrogens is 313 g/mol. The van der Waals surface area contributed by atoms with Crippen LogP contribution in [0.4, 0.5) is 5.69 Å². The Bertz CT molecular complexity index is 565. The van der Waals surface area contributed by atoms with E-state index in [2.05, 4.69) is 5.32 Å². The summed E-state index contributed by atoms with van der Waals surface area (Å²) in [5, 5.41) is 4.01. The maximum atomic E-state index is 12.4. The predicted octanol–water partition coefficient (Wildman–Crippen LogP) is 1.95. The van der Waals surface area contributed by atoms with Crippen LogP contribution >= 0.6 is 23.2 Å². The molecule has 0 spiro atoms. The minimum atomic E-state index is -0.387. The van der Waals surface area contributed by atoms with Gasteiger partial charge in [-0.05, 0) is 31.5 Å². The molecular formula is C14H17Cl2N3O2. The lowest BCUT2D eigenvalue weighted by Crippen LogP contribution is -2.43. The summed E-state index contributed by atoms with van der Waals surface area (Å²) in [5.74, 6) is -0.425. The van der Waals surface area contributed by atoms with E-state index in [1.165, 1.54) is 0 Å². The Kier molecular flexibility index (Phi) is 5.08. The van der Waals surface area contributed by atoms with E-state index in [1.54, 1.807) is 23.1 Å². The van der Waals surface area contributed by atoms with Crippen molar-refractivity contribution in [2.24, 2.45) is 5.73 Å². The number of primary amides is 1. The van der Waals surface area contributed by atoms with Gasteiger partial charge in [0, 0.05) is 24.7 Å². The minimum Gasteiger partial charge on any atom is -0.370 e. The molecule has 5 nitrogen and oxygen atoms in total. The van der Waals surface area contributed by atoms with Crippen molar-refractivity contribution in [2.45, 2.75) is 31.8 Å². The first-order valence-electron chi connectivity index (χ1n) is 6.69. The highest BCUT2D eigenvalue weighted by Gasteiger charge is 2.33. The van der Waals surface area contributed by atoms with Crippen LogP contribution in [0.15, 0.2) is 18.2 Å². The van der Waals surface area contributed by atoms with Crippen LogP contribution in [0.1, 0.15) is 19.8 Å². The molecule has 1 aromatic carbocycles. The average Bonchev–Trinajstić information content (AvgIpc) is 2.74. The lowest BCUT2D eigenvalue weighted by molar-refractivity contribution is -0.120. The normalized spacial score (nSPS) is 19.9. The average molecular weight is 330 g/mol. The molecule has 0 radical (unpaired) electrons. The maximum absolute atomic E-state index is 12.4. The summed E-state index contributed by atoms with van der Waals surface area (Å²) in [6, 6.07) is 4.67. The van der Waals surface area contributed by atoms with Gasteiger partial charge in [-0.1, -0.05) is 23.2 Å². The number of hydrogen-bond acceptors (Lipinski definition) is 3. The van der Waals surface area contributed by atoms with E-state index in [1.807, 2.05) is 6.92 Å². The summed E-state index contributed by atoms with van der Waals surface area (Å²) in [7, 11) is 0. The van der Waals surface area contributed by atoms with Gasteiger partial charge in [0.2, 0.25) is 11.8 Å². The van der Waals surface area contributed by atoms with Crippen LogP contribution < -0.4 is 16.0 Å². The van der Waals surface area contributed by atoms with Gasteiger partial charge in [0.05, 0.1) is 16.1 Å². The molecule has 1 saturated heterocycles. The molecule has 114 valence electrons. The molecule has 0 saturated carbocycles. The summed E-state index contributed by atoms with van der Waals surface area (Å²) < 4.78 is 0. The van der Waals surface area contributed by atoms with E-state index < -0.39 is 0 Å². The summed E-state index contributed by atoms with van der Waals surface area (Å²) in [6.45, 7) is 2.43. The Morgan fingerprint density at radius 2 is 2.19 bits per heavy atom. The topological polar surface area (TPSA) is 75.4 Å². The third kappa shape index (κ3) is 3.87. The van der Waals surface area contributed by atoms with Crippen LogP contribution in [-0.4, -0.2) is 30.4 Å². The van der Waals surface area contributed by atoms with Crippen LogP contribution in [0.5, 0.6) is 0 Å². The van der Waals surface area contributed by atoms with Crippen molar-refractivity contribution >= 4 is 40.7 Å². The van der Waals surface area contributed by atoms with Crippen LogP contribution in [-0.2, 0) is 9.59 Å². The quantitative estimate of drug-likeness (QED) is 0.866. The molecule has 7 heteroatoms. The zero-order chi connectivity index (χ0) is 15.6. The van der Waals surface area contributed by atoms with E-state index in [9.17, 15) is 9.59 Å². The fourth-order valence-electron chi connectivity index (χ4n) is 2.45. The number of amides is 2. The highest BCUT2D eigenvalue weighted by molar-refractivity contribution is 6.42. The smallest absolute Gasteiger partial charge is 0.244 e. The van der Waals surface area contributed by atoms with E-state index in [0.29, 0.717) is 23.0 Å². The fourth-order valence-corrected chi connectivity index (χ4v) is 2.74. The van der Waals surface area contributed by atoms with Crippen LogP contribution in [0.2, 0.25) is 10.0 Å². The van der Waals surface area contributed by atoms with Gasteiger partial charge in [-0.2, -0.15) is 0 Å². The Morgan fingerprint density at radius 1 is 1.48 bits per heavy atom. The lowest BCUT2D eigenvalue weighted by atomic mass is 10.1. The van der Waals surface area contributed by atoms with Gasteiger partial charge >= 0.3 is 0 Å². The van der Waals surface area contributed by atoms with E-state index in [4.69, 9.17) is 28.9 Å². The Hall–Kier alpha value is -1.30. The lowest BCUT2D eigenvalue weighted by Gasteiger charge is -2.20. The Balaban J connectivity index is 2.04. The second kappa shape index (κ2) is 6.64. The predicted molar refractivity (Wildman–Crippen MR) is 83.6 cm³/mol. The fraction of sp³-hybridized carbons (Fsp3) is 0.429. The number of rotatable bonds is 5. The molecule has 21 heavy (non-hydrogen) atoms. The first-order valence-corrected chi connectivity index (χ1v) is 7.45. The Labute approximate surface area is 133 Å². The molecule has 2 atom stereocenters. The molecule has 2 amide bonds. The number of carbonyl (C=O) groups is 2. The monoisotopic (exact) mass is 329 g/mol. The van der Waals surface area contributed by atoms with Crippen molar-refractivity contribution in [3.63, 3.8) is 0 Å². The van der Waals surface area contributed by atoms with E-state index in [-0.39, 0.29) is 30.3 Å². The van der Waals surface area contributed by atoms with Gasteiger partial charge in [-0.3, -0.25) is 9.59 Å². The van der Waals surface area contributed by atoms with Gasteiger partial charge in [0.1, 0.15) is 0 Å². The SMILES string of the molecule is C[C@@H](CC(N)=O)N[C@@H]1CCN(c2ccc(Cl)c(Cl)c2)C1=O.